The summed E-state index contributed by atoms with van der Waals surface area (Å²) in [7, 11) is 0. The highest BCUT2D eigenvalue weighted by molar-refractivity contribution is 5.67. The van der Waals surface area contributed by atoms with E-state index in [4.69, 9.17) is 9.15 Å². The molecular formula is C14H14N2O5. The fourth-order valence-corrected chi connectivity index (χ4v) is 1.75. The van der Waals surface area contributed by atoms with E-state index in [1.54, 1.807) is 12.1 Å². The van der Waals surface area contributed by atoms with Crippen LogP contribution < -0.4 is 5.32 Å². The molecule has 0 unspecified atom stereocenters. The second-order valence-corrected chi connectivity index (χ2v) is 4.29. The molecule has 0 spiro atoms. The second-order valence-electron chi connectivity index (χ2n) is 4.29. The van der Waals surface area contributed by atoms with Crippen molar-refractivity contribution in [3.8, 4) is 0 Å². The summed E-state index contributed by atoms with van der Waals surface area (Å²) in [4.78, 5) is 21.8. The molecular weight excluding hydrogens is 276 g/mol. The Kier molecular flexibility index (Phi) is 4.92. The molecule has 7 heteroatoms. The standard InChI is InChI=1S/C14H14N2O5/c17-14(21-10-11-5-2-1-3-6-11)15-12(9-16(18)19)13-7-4-8-20-13/h1-8,12H,9-10H2,(H,15,17)/t12-/m1/s1. The minimum atomic E-state index is -0.863. The summed E-state index contributed by atoms with van der Waals surface area (Å²) < 4.78 is 10.1. The van der Waals surface area contributed by atoms with E-state index in [0.717, 1.165) is 5.56 Å². The minimum Gasteiger partial charge on any atom is -0.467 e. The molecule has 0 radical (unpaired) electrons. The lowest BCUT2D eigenvalue weighted by Gasteiger charge is -2.13. The first-order valence-corrected chi connectivity index (χ1v) is 6.27. The van der Waals surface area contributed by atoms with E-state index in [2.05, 4.69) is 5.32 Å². The molecule has 1 heterocycles. The minimum absolute atomic E-state index is 0.0933. The van der Waals surface area contributed by atoms with E-state index in [1.165, 1.54) is 6.26 Å². The third kappa shape index (κ3) is 4.64. The monoisotopic (exact) mass is 290 g/mol. The van der Waals surface area contributed by atoms with Gasteiger partial charge in [-0.3, -0.25) is 10.1 Å². The summed E-state index contributed by atoms with van der Waals surface area (Å²) in [5.41, 5.74) is 0.830. The number of alkyl carbamates (subject to hydrolysis) is 1. The quantitative estimate of drug-likeness (QED) is 0.651. The largest absolute Gasteiger partial charge is 0.467 e. The molecule has 2 aromatic rings. The Morgan fingerprint density at radius 1 is 1.29 bits per heavy atom. The second kappa shape index (κ2) is 7.09. The summed E-state index contributed by atoms with van der Waals surface area (Å²) in [6, 6.07) is 11.4. The summed E-state index contributed by atoms with van der Waals surface area (Å²) in [6.07, 6.45) is 0.654. The molecule has 0 aliphatic rings. The highest BCUT2D eigenvalue weighted by Gasteiger charge is 2.23. The number of nitrogens with zero attached hydrogens (tertiary/aromatic N) is 1. The first kappa shape index (κ1) is 14.6. The van der Waals surface area contributed by atoms with E-state index in [1.807, 2.05) is 30.3 Å². The number of carbonyl (C=O) groups excluding carboxylic acids is 1. The van der Waals surface area contributed by atoms with Crippen molar-refractivity contribution in [3.05, 3.63) is 70.2 Å². The van der Waals surface area contributed by atoms with Crippen LogP contribution in [0.1, 0.15) is 17.4 Å². The van der Waals surface area contributed by atoms with Crippen molar-refractivity contribution >= 4 is 6.09 Å². The first-order valence-electron chi connectivity index (χ1n) is 6.27. The van der Waals surface area contributed by atoms with Crippen LogP contribution in [0.4, 0.5) is 4.79 Å². The van der Waals surface area contributed by atoms with Gasteiger partial charge in [-0.2, -0.15) is 0 Å². The fourth-order valence-electron chi connectivity index (χ4n) is 1.75. The van der Waals surface area contributed by atoms with Crippen LogP contribution in [0.2, 0.25) is 0 Å². The molecule has 21 heavy (non-hydrogen) atoms. The maximum absolute atomic E-state index is 11.7. The smallest absolute Gasteiger partial charge is 0.408 e. The van der Waals surface area contributed by atoms with Gasteiger partial charge in [0, 0.05) is 4.92 Å². The molecule has 1 atom stereocenters. The number of carbonyl (C=O) groups is 1. The molecule has 0 aliphatic heterocycles. The number of hydrogen-bond donors (Lipinski definition) is 1. The molecule has 7 nitrogen and oxygen atoms in total. The van der Waals surface area contributed by atoms with Gasteiger partial charge in [-0.05, 0) is 17.7 Å². The number of hydrogen-bond acceptors (Lipinski definition) is 5. The van der Waals surface area contributed by atoms with Crippen molar-refractivity contribution in [2.24, 2.45) is 0 Å². The Hall–Kier alpha value is -2.83. The summed E-state index contributed by atoms with van der Waals surface area (Å²) >= 11 is 0. The highest BCUT2D eigenvalue weighted by atomic mass is 16.6. The van der Waals surface area contributed by atoms with Crippen molar-refractivity contribution in [1.82, 2.24) is 5.32 Å². The molecule has 1 aromatic carbocycles. The van der Waals surface area contributed by atoms with Crippen LogP contribution in [0.5, 0.6) is 0 Å². The van der Waals surface area contributed by atoms with Gasteiger partial charge in [0.1, 0.15) is 12.4 Å². The first-order chi connectivity index (χ1) is 10.1. The predicted molar refractivity (Wildman–Crippen MR) is 73.1 cm³/mol. The summed E-state index contributed by atoms with van der Waals surface area (Å²) in [5.74, 6) is 0.309. The van der Waals surface area contributed by atoms with Crippen LogP contribution in [-0.2, 0) is 11.3 Å². The molecule has 0 saturated carbocycles. The van der Waals surface area contributed by atoms with Crippen molar-refractivity contribution in [2.45, 2.75) is 12.6 Å². The van der Waals surface area contributed by atoms with Gasteiger partial charge in [-0.25, -0.2) is 4.79 Å². The van der Waals surface area contributed by atoms with Crippen LogP contribution in [0.3, 0.4) is 0 Å². The van der Waals surface area contributed by atoms with E-state index < -0.39 is 23.6 Å². The fraction of sp³-hybridized carbons (Fsp3) is 0.214. The lowest BCUT2D eigenvalue weighted by Crippen LogP contribution is -2.33. The van der Waals surface area contributed by atoms with Gasteiger partial charge in [-0.15, -0.1) is 0 Å². The number of ether oxygens (including phenoxy) is 1. The van der Waals surface area contributed by atoms with Crippen LogP contribution in [0.25, 0.3) is 0 Å². The van der Waals surface area contributed by atoms with E-state index in [0.29, 0.717) is 5.76 Å². The Morgan fingerprint density at radius 2 is 2.05 bits per heavy atom. The average molecular weight is 290 g/mol. The van der Waals surface area contributed by atoms with Crippen molar-refractivity contribution in [1.29, 1.82) is 0 Å². The van der Waals surface area contributed by atoms with Crippen LogP contribution in [-0.4, -0.2) is 17.6 Å². The molecule has 0 fully saturated rings. The Bertz CT molecular complexity index is 583. The zero-order valence-corrected chi connectivity index (χ0v) is 11.1. The number of furan rings is 1. The lowest BCUT2D eigenvalue weighted by molar-refractivity contribution is -0.484. The van der Waals surface area contributed by atoms with Gasteiger partial charge < -0.3 is 14.5 Å². The molecule has 0 saturated heterocycles. The summed E-state index contributed by atoms with van der Waals surface area (Å²) in [5, 5.41) is 13.1. The summed E-state index contributed by atoms with van der Waals surface area (Å²) in [6.45, 7) is -0.385. The number of rotatable bonds is 6. The van der Waals surface area contributed by atoms with Crippen molar-refractivity contribution in [3.63, 3.8) is 0 Å². The third-order valence-electron chi connectivity index (χ3n) is 2.72. The SMILES string of the molecule is O=C(N[C@H](C[N+](=O)[O-])c1ccco1)OCc1ccccc1. The molecule has 1 N–H and O–H groups in total. The number of benzene rings is 1. The van der Waals surface area contributed by atoms with Gasteiger partial charge in [0.05, 0.1) is 6.26 Å². The molecule has 1 aromatic heterocycles. The van der Waals surface area contributed by atoms with E-state index in [-0.39, 0.29) is 6.61 Å². The Balaban J connectivity index is 1.90. The Labute approximate surface area is 120 Å². The lowest BCUT2D eigenvalue weighted by atomic mass is 10.2. The predicted octanol–water partition coefficient (Wildman–Crippen LogP) is 2.52. The number of nitrogens with one attached hydrogen (secondary N) is 1. The van der Waals surface area contributed by atoms with Crippen molar-refractivity contribution in [2.75, 3.05) is 6.54 Å². The molecule has 110 valence electrons. The molecule has 0 bridgehead atoms. The molecule has 1 amide bonds. The van der Waals surface area contributed by atoms with Gasteiger partial charge in [-0.1, -0.05) is 30.3 Å². The zero-order chi connectivity index (χ0) is 15.1. The van der Waals surface area contributed by atoms with Gasteiger partial charge in [0.25, 0.3) is 0 Å². The highest BCUT2D eigenvalue weighted by Crippen LogP contribution is 2.14. The van der Waals surface area contributed by atoms with Crippen LogP contribution in [0, 0.1) is 10.1 Å². The third-order valence-corrected chi connectivity index (χ3v) is 2.72. The molecule has 0 aliphatic carbocycles. The number of amides is 1. The zero-order valence-electron chi connectivity index (χ0n) is 11.1. The van der Waals surface area contributed by atoms with E-state index >= 15 is 0 Å². The average Bonchev–Trinajstić information content (AvgIpc) is 2.99. The molecule has 2 rings (SSSR count). The normalized spacial score (nSPS) is 11.6. The van der Waals surface area contributed by atoms with Crippen molar-refractivity contribution < 1.29 is 18.9 Å². The maximum atomic E-state index is 11.7. The Morgan fingerprint density at radius 3 is 2.67 bits per heavy atom. The van der Waals surface area contributed by atoms with Crippen LogP contribution >= 0.6 is 0 Å². The van der Waals surface area contributed by atoms with Crippen LogP contribution in [0.15, 0.2) is 53.1 Å². The van der Waals surface area contributed by atoms with Gasteiger partial charge in [0.15, 0.2) is 6.04 Å². The number of nitro groups is 1. The maximum Gasteiger partial charge on any atom is 0.408 e. The topological polar surface area (TPSA) is 94.6 Å². The van der Waals surface area contributed by atoms with Gasteiger partial charge >= 0.3 is 6.09 Å². The van der Waals surface area contributed by atoms with Gasteiger partial charge in [0.2, 0.25) is 6.54 Å². The van der Waals surface area contributed by atoms with E-state index in [9.17, 15) is 14.9 Å².